The van der Waals surface area contributed by atoms with Gasteiger partial charge in [0.15, 0.2) is 11.2 Å². The molecule has 2 aliphatic rings. The molecule has 14 nitrogen and oxygen atoms in total. The van der Waals surface area contributed by atoms with Crippen molar-refractivity contribution in [1.29, 1.82) is 0 Å². The Bertz CT molecular complexity index is 2030. The molecule has 3 aromatic heterocycles. The molecule has 4 N–H and O–H groups in total. The molecule has 0 atom stereocenters. The number of ketones is 1. The molecule has 0 aliphatic carbocycles. The number of rotatable bonds is 15. The molecule has 0 spiro atoms. The molecule has 1 fully saturated rings. The summed E-state index contributed by atoms with van der Waals surface area (Å²) in [6.45, 7) is 8.24. The Morgan fingerprint density at radius 2 is 1.79 bits per heavy atom. The molecule has 0 bridgehead atoms. The number of nitrogens with zero attached hydrogens (tertiary/aromatic N) is 7. The van der Waals surface area contributed by atoms with Crippen LogP contribution in [0.3, 0.4) is 0 Å². The van der Waals surface area contributed by atoms with Crippen molar-refractivity contribution in [2.45, 2.75) is 58.5 Å². The number of piperidine rings is 1. The van der Waals surface area contributed by atoms with Crippen molar-refractivity contribution in [3.05, 3.63) is 59.4 Å². The lowest BCUT2D eigenvalue weighted by Crippen LogP contribution is -2.45. The van der Waals surface area contributed by atoms with Gasteiger partial charge in [0.1, 0.15) is 29.1 Å². The number of oxazole rings is 1. The molecule has 14 heteroatoms. The average molecular weight is 710 g/mol. The topological polar surface area (TPSA) is 181 Å². The fourth-order valence-corrected chi connectivity index (χ4v) is 7.24. The van der Waals surface area contributed by atoms with Crippen LogP contribution in [0.15, 0.2) is 47.1 Å². The van der Waals surface area contributed by atoms with Gasteiger partial charge in [-0.3, -0.25) is 14.5 Å². The molecule has 5 heterocycles. The number of fused-ring (bicyclic) bond motifs is 3. The second kappa shape index (κ2) is 16.2. The van der Waals surface area contributed by atoms with Gasteiger partial charge >= 0.3 is 0 Å². The van der Waals surface area contributed by atoms with Crippen LogP contribution in [0.5, 0.6) is 0 Å². The largest absolute Gasteiger partial charge is 0.424 e. The molecule has 1 saturated heterocycles. The summed E-state index contributed by atoms with van der Waals surface area (Å²) in [5.74, 6) is 1.14. The Hall–Kier alpha value is -4.92. The minimum Gasteiger partial charge on any atom is -0.424 e. The second-order valence-corrected chi connectivity index (χ2v) is 13.8. The number of benzene rings is 2. The summed E-state index contributed by atoms with van der Waals surface area (Å²) in [5, 5.41) is 5.61. The summed E-state index contributed by atoms with van der Waals surface area (Å²) in [7, 11) is 0. The van der Waals surface area contributed by atoms with E-state index in [1.165, 1.54) is 11.9 Å². The number of likely N-dealkylation sites (tertiary alicyclic amines) is 1. The standard InChI is InChI=1S/C38H47N9O5/c1-2-14-50-16-17-51-15-10-30(48)19-25-7-11-45(12-8-25)23-33(49)46-13-9-27-18-26(3-4-29(27)22-46)21-47-37-34(36(39)41-24-42-37)35(44-47)28-5-6-32-31(20-28)43-38(40)52-32/h3-6,18,20,24-25H,2,7-17,19,21-23H2,1H3,(H2,40,43)(H2,39,41,42). The van der Waals surface area contributed by atoms with E-state index >= 15 is 0 Å². The van der Waals surface area contributed by atoms with Crippen LogP contribution in [-0.2, 0) is 38.6 Å². The average Bonchev–Trinajstić information content (AvgIpc) is 3.71. The summed E-state index contributed by atoms with van der Waals surface area (Å²) < 4.78 is 18.2. The number of hydrogen-bond donors (Lipinski definition) is 2. The molecule has 274 valence electrons. The van der Waals surface area contributed by atoms with E-state index in [1.54, 1.807) is 0 Å². The zero-order valence-electron chi connectivity index (χ0n) is 29.8. The lowest BCUT2D eigenvalue weighted by molar-refractivity contribution is -0.134. The predicted octanol–water partition coefficient (Wildman–Crippen LogP) is 4.24. The maximum atomic E-state index is 13.4. The molecule has 7 rings (SSSR count). The Morgan fingerprint density at radius 1 is 0.962 bits per heavy atom. The number of nitrogens with two attached hydrogens (primary N) is 2. The van der Waals surface area contributed by atoms with E-state index in [1.807, 2.05) is 27.8 Å². The molecule has 2 aliphatic heterocycles. The number of amides is 1. The van der Waals surface area contributed by atoms with Gasteiger partial charge in [-0.15, -0.1) is 0 Å². The maximum Gasteiger partial charge on any atom is 0.292 e. The SMILES string of the molecule is CCCOCCOCCC(=O)CC1CCN(CC(=O)N2CCc3cc(Cn4nc(-c5ccc6oc(N)nc6c5)c5c(N)ncnc54)ccc3C2)CC1. The van der Waals surface area contributed by atoms with Crippen LogP contribution in [0.2, 0.25) is 0 Å². The summed E-state index contributed by atoms with van der Waals surface area (Å²) in [6.07, 6.45) is 6.16. The van der Waals surface area contributed by atoms with Gasteiger partial charge < -0.3 is 30.3 Å². The first-order valence-electron chi connectivity index (χ1n) is 18.3. The first-order valence-corrected chi connectivity index (χ1v) is 18.3. The van der Waals surface area contributed by atoms with Crippen LogP contribution in [0.4, 0.5) is 11.8 Å². The Labute approximate surface area is 302 Å². The third-order valence-corrected chi connectivity index (χ3v) is 10.0. The first kappa shape index (κ1) is 35.5. The molecule has 5 aromatic rings. The number of carbonyl (C=O) groups is 2. The minimum absolute atomic E-state index is 0.105. The monoisotopic (exact) mass is 709 g/mol. The molecule has 0 saturated carbocycles. The van der Waals surface area contributed by atoms with Crippen molar-refractivity contribution >= 4 is 45.7 Å². The number of carbonyl (C=O) groups excluding carboxylic acids is 2. The lowest BCUT2D eigenvalue weighted by atomic mass is 9.91. The smallest absolute Gasteiger partial charge is 0.292 e. The zero-order valence-corrected chi connectivity index (χ0v) is 29.8. The summed E-state index contributed by atoms with van der Waals surface area (Å²) in [4.78, 5) is 43.1. The first-order chi connectivity index (χ1) is 25.3. The van der Waals surface area contributed by atoms with Gasteiger partial charge in [0.05, 0.1) is 38.3 Å². The van der Waals surface area contributed by atoms with Gasteiger partial charge in [-0.25, -0.2) is 14.6 Å². The molecule has 1 amide bonds. The fourth-order valence-electron chi connectivity index (χ4n) is 7.24. The summed E-state index contributed by atoms with van der Waals surface area (Å²) in [6, 6.07) is 12.1. The van der Waals surface area contributed by atoms with E-state index in [0.717, 1.165) is 62.1 Å². The van der Waals surface area contributed by atoms with E-state index < -0.39 is 0 Å². The number of Topliss-reactive ketones (excluding diaryl/α,β-unsaturated/α-hetero) is 1. The van der Waals surface area contributed by atoms with Crippen LogP contribution in [0.25, 0.3) is 33.4 Å². The number of ether oxygens (including phenoxy) is 2. The highest BCUT2D eigenvalue weighted by Crippen LogP contribution is 2.33. The predicted molar refractivity (Wildman–Crippen MR) is 197 cm³/mol. The number of hydrogen-bond acceptors (Lipinski definition) is 12. The van der Waals surface area contributed by atoms with Crippen molar-refractivity contribution in [1.82, 2.24) is 34.5 Å². The molecule has 2 aromatic carbocycles. The normalized spacial score (nSPS) is 15.4. The van der Waals surface area contributed by atoms with E-state index in [-0.39, 0.29) is 17.7 Å². The van der Waals surface area contributed by atoms with E-state index in [2.05, 4.69) is 45.0 Å². The maximum absolute atomic E-state index is 13.4. The quantitative estimate of drug-likeness (QED) is 0.148. The zero-order chi connectivity index (χ0) is 36.0. The van der Waals surface area contributed by atoms with Gasteiger partial charge in [0, 0.05) is 38.1 Å². The molecular weight excluding hydrogens is 662 g/mol. The van der Waals surface area contributed by atoms with Gasteiger partial charge in [-0.05, 0) is 79.6 Å². The van der Waals surface area contributed by atoms with Crippen LogP contribution in [0.1, 0.15) is 55.7 Å². The summed E-state index contributed by atoms with van der Waals surface area (Å²) in [5.41, 5.74) is 18.9. The van der Waals surface area contributed by atoms with E-state index in [4.69, 9.17) is 30.5 Å². The molecule has 0 unspecified atom stereocenters. The third kappa shape index (κ3) is 8.24. The summed E-state index contributed by atoms with van der Waals surface area (Å²) >= 11 is 0. The number of aromatic nitrogens is 5. The van der Waals surface area contributed by atoms with Crippen molar-refractivity contribution in [2.24, 2.45) is 5.92 Å². The van der Waals surface area contributed by atoms with Crippen LogP contribution >= 0.6 is 0 Å². The second-order valence-electron chi connectivity index (χ2n) is 13.8. The van der Waals surface area contributed by atoms with Crippen molar-refractivity contribution in [2.75, 3.05) is 64.1 Å². The van der Waals surface area contributed by atoms with E-state index in [0.29, 0.717) is 98.4 Å². The van der Waals surface area contributed by atoms with Gasteiger partial charge in [-0.1, -0.05) is 25.1 Å². The number of nitrogen functional groups attached to an aromatic ring is 2. The third-order valence-electron chi connectivity index (χ3n) is 10.0. The highest BCUT2D eigenvalue weighted by atomic mass is 16.5. The van der Waals surface area contributed by atoms with Crippen LogP contribution in [0, 0.1) is 5.92 Å². The highest BCUT2D eigenvalue weighted by Gasteiger charge is 2.27. The molecular formula is C38H47N9O5. The van der Waals surface area contributed by atoms with Crippen LogP contribution < -0.4 is 11.5 Å². The van der Waals surface area contributed by atoms with Crippen molar-refractivity contribution in [3.8, 4) is 11.3 Å². The highest BCUT2D eigenvalue weighted by molar-refractivity contribution is 5.99. The Morgan fingerprint density at radius 3 is 2.62 bits per heavy atom. The fraction of sp³-hybridized carbons (Fsp3) is 0.474. The van der Waals surface area contributed by atoms with E-state index in [9.17, 15) is 9.59 Å². The Balaban J connectivity index is 0.914. The molecule has 0 radical (unpaired) electrons. The molecule has 52 heavy (non-hydrogen) atoms. The Kier molecular flexibility index (Phi) is 11.0. The van der Waals surface area contributed by atoms with Gasteiger partial charge in [0.25, 0.3) is 6.01 Å². The number of anilines is 2. The lowest BCUT2D eigenvalue weighted by Gasteiger charge is -2.34. The van der Waals surface area contributed by atoms with Gasteiger partial charge in [-0.2, -0.15) is 10.1 Å². The van der Waals surface area contributed by atoms with Gasteiger partial charge in [0.2, 0.25) is 5.91 Å². The van der Waals surface area contributed by atoms with Crippen LogP contribution in [-0.4, -0.2) is 98.8 Å². The van der Waals surface area contributed by atoms with Crippen molar-refractivity contribution < 1.29 is 23.5 Å². The van der Waals surface area contributed by atoms with Crippen molar-refractivity contribution in [3.63, 3.8) is 0 Å². The minimum atomic E-state index is 0.105.